The first-order valence-electron chi connectivity index (χ1n) is 11.5. The van der Waals surface area contributed by atoms with E-state index in [0.717, 1.165) is 50.8 Å². The van der Waals surface area contributed by atoms with E-state index in [2.05, 4.69) is 10.3 Å². The highest BCUT2D eigenvalue weighted by atomic mass is 16.5. The van der Waals surface area contributed by atoms with Crippen LogP contribution in [0.4, 0.5) is 0 Å². The second-order valence-electron chi connectivity index (χ2n) is 8.21. The largest absolute Gasteiger partial charge is 0.497 e. The molecule has 2 amide bonds. The molecule has 0 aliphatic carbocycles. The molecule has 1 aliphatic rings. The first-order chi connectivity index (χ1) is 16.1. The summed E-state index contributed by atoms with van der Waals surface area (Å²) in [7, 11) is 3.16. The summed E-state index contributed by atoms with van der Waals surface area (Å²) in [6, 6.07) is 9.05. The molecule has 1 saturated heterocycles. The average Bonchev–Trinajstić information content (AvgIpc) is 2.87. The molecule has 2 aromatic rings. The fourth-order valence-electron chi connectivity index (χ4n) is 4.05. The number of rotatable bonds is 10. The van der Waals surface area contributed by atoms with Crippen molar-refractivity contribution in [3.05, 3.63) is 59.9 Å². The number of carbonyl (C=O) groups is 2. The summed E-state index contributed by atoms with van der Waals surface area (Å²) in [6.45, 7) is 2.19. The summed E-state index contributed by atoms with van der Waals surface area (Å²) in [5.74, 6) is 1.75. The zero-order chi connectivity index (χ0) is 23.5. The van der Waals surface area contributed by atoms with E-state index in [-0.39, 0.29) is 11.8 Å². The molecule has 0 atom stereocenters. The molecule has 0 radical (unpaired) electrons. The van der Waals surface area contributed by atoms with E-state index < -0.39 is 0 Å². The normalized spacial score (nSPS) is 14.3. The predicted molar refractivity (Wildman–Crippen MR) is 128 cm³/mol. The van der Waals surface area contributed by atoms with Crippen LogP contribution in [0.5, 0.6) is 11.5 Å². The van der Waals surface area contributed by atoms with Crippen LogP contribution in [0.25, 0.3) is 6.08 Å². The fraction of sp³-hybridized carbons (Fsp3) is 0.423. The molecular formula is C26H33N3O4. The van der Waals surface area contributed by atoms with Gasteiger partial charge in [-0.05, 0) is 55.0 Å². The fourth-order valence-corrected chi connectivity index (χ4v) is 4.05. The van der Waals surface area contributed by atoms with Gasteiger partial charge in [0.2, 0.25) is 5.91 Å². The smallest absolute Gasteiger partial charge is 0.257 e. The number of hydrogen-bond acceptors (Lipinski definition) is 5. The lowest BCUT2D eigenvalue weighted by atomic mass is 9.91. The van der Waals surface area contributed by atoms with Crippen LogP contribution in [0.2, 0.25) is 0 Å². The number of carbonyl (C=O) groups excluding carboxylic acids is 2. The third-order valence-corrected chi connectivity index (χ3v) is 5.99. The zero-order valence-corrected chi connectivity index (χ0v) is 19.5. The summed E-state index contributed by atoms with van der Waals surface area (Å²) in [5.41, 5.74) is 1.48. The molecule has 2 heterocycles. The first-order valence-corrected chi connectivity index (χ1v) is 11.5. The quantitative estimate of drug-likeness (QED) is 0.437. The van der Waals surface area contributed by atoms with Crippen molar-refractivity contribution in [2.75, 3.05) is 33.9 Å². The molecule has 1 aliphatic heterocycles. The standard InChI is InChI=1S/C26H33N3O4/c1-32-22-9-10-23(24(18-22)33-2)26(31)29-16-12-20(13-17-29)6-3-4-15-28-25(30)11-8-21-7-5-14-27-19-21/h5,7-11,14,18-20H,3-4,6,12-13,15-17H2,1-2H3,(H,28,30)/b11-8+. The van der Waals surface area contributed by atoms with Crippen LogP contribution in [0.15, 0.2) is 48.8 Å². The second kappa shape index (κ2) is 12.6. The van der Waals surface area contributed by atoms with Gasteiger partial charge in [0, 0.05) is 44.2 Å². The summed E-state index contributed by atoms with van der Waals surface area (Å²) in [6.07, 6.45) is 11.9. The molecule has 1 N–H and O–H groups in total. The third-order valence-electron chi connectivity index (χ3n) is 5.99. The van der Waals surface area contributed by atoms with E-state index in [1.807, 2.05) is 17.0 Å². The number of benzene rings is 1. The SMILES string of the molecule is COc1ccc(C(=O)N2CCC(CCCCNC(=O)/C=C/c3cccnc3)CC2)c(OC)c1. The maximum absolute atomic E-state index is 12.9. The van der Waals surface area contributed by atoms with Crippen molar-refractivity contribution < 1.29 is 19.1 Å². The minimum atomic E-state index is -0.0837. The molecule has 3 rings (SSSR count). The Kier molecular flexibility index (Phi) is 9.30. The number of hydrogen-bond donors (Lipinski definition) is 1. The van der Waals surface area contributed by atoms with E-state index in [0.29, 0.717) is 29.5 Å². The number of methoxy groups -OCH3 is 2. The summed E-state index contributed by atoms with van der Waals surface area (Å²) >= 11 is 0. The maximum Gasteiger partial charge on any atom is 0.257 e. The lowest BCUT2D eigenvalue weighted by Crippen LogP contribution is -2.38. The molecule has 1 fully saturated rings. The molecule has 0 spiro atoms. The topological polar surface area (TPSA) is 80.8 Å². The van der Waals surface area contributed by atoms with Crippen molar-refractivity contribution in [2.24, 2.45) is 5.92 Å². The van der Waals surface area contributed by atoms with Crippen molar-refractivity contribution in [1.82, 2.24) is 15.2 Å². The number of nitrogens with one attached hydrogen (secondary N) is 1. The number of amides is 2. The Labute approximate surface area is 195 Å². The van der Waals surface area contributed by atoms with Crippen LogP contribution in [0.1, 0.15) is 48.0 Å². The Morgan fingerprint density at radius 2 is 1.97 bits per heavy atom. The van der Waals surface area contributed by atoms with Gasteiger partial charge in [-0.3, -0.25) is 14.6 Å². The minimum absolute atomic E-state index is 0.00926. The van der Waals surface area contributed by atoms with Crippen molar-refractivity contribution in [3.8, 4) is 11.5 Å². The average molecular weight is 452 g/mol. The van der Waals surface area contributed by atoms with Gasteiger partial charge in [0.05, 0.1) is 19.8 Å². The van der Waals surface area contributed by atoms with Gasteiger partial charge >= 0.3 is 0 Å². The van der Waals surface area contributed by atoms with E-state index in [1.165, 1.54) is 0 Å². The Balaban J connectivity index is 1.33. The molecule has 1 aromatic carbocycles. The number of aromatic nitrogens is 1. The van der Waals surface area contributed by atoms with Gasteiger partial charge in [0.1, 0.15) is 11.5 Å². The molecule has 7 heteroatoms. The van der Waals surface area contributed by atoms with Gasteiger partial charge < -0.3 is 19.7 Å². The number of unbranched alkanes of at least 4 members (excludes halogenated alkanes) is 1. The van der Waals surface area contributed by atoms with Gasteiger partial charge in [-0.15, -0.1) is 0 Å². The highest BCUT2D eigenvalue weighted by molar-refractivity contribution is 5.97. The molecule has 0 bridgehead atoms. The number of likely N-dealkylation sites (tertiary alicyclic amines) is 1. The molecular weight excluding hydrogens is 418 g/mol. The van der Waals surface area contributed by atoms with E-state index in [9.17, 15) is 9.59 Å². The van der Waals surface area contributed by atoms with E-state index in [4.69, 9.17) is 9.47 Å². The Hall–Kier alpha value is -3.35. The van der Waals surface area contributed by atoms with Crippen LogP contribution in [0, 0.1) is 5.92 Å². The molecule has 0 saturated carbocycles. The molecule has 7 nitrogen and oxygen atoms in total. The lowest BCUT2D eigenvalue weighted by molar-refractivity contribution is -0.116. The Morgan fingerprint density at radius 3 is 2.67 bits per heavy atom. The highest BCUT2D eigenvalue weighted by Gasteiger charge is 2.25. The lowest BCUT2D eigenvalue weighted by Gasteiger charge is -2.32. The maximum atomic E-state index is 12.9. The van der Waals surface area contributed by atoms with E-state index >= 15 is 0 Å². The number of piperidine rings is 1. The third kappa shape index (κ3) is 7.34. The first kappa shape index (κ1) is 24.3. The van der Waals surface area contributed by atoms with Gasteiger partial charge in [0.25, 0.3) is 5.91 Å². The molecule has 1 aromatic heterocycles. The van der Waals surface area contributed by atoms with Crippen molar-refractivity contribution >= 4 is 17.9 Å². The molecule has 176 valence electrons. The van der Waals surface area contributed by atoms with Crippen LogP contribution in [0.3, 0.4) is 0 Å². The van der Waals surface area contributed by atoms with Gasteiger partial charge in [-0.25, -0.2) is 0 Å². The number of nitrogens with zero attached hydrogens (tertiary/aromatic N) is 2. The number of pyridine rings is 1. The van der Waals surface area contributed by atoms with Crippen LogP contribution in [-0.4, -0.2) is 55.6 Å². The van der Waals surface area contributed by atoms with Crippen LogP contribution in [-0.2, 0) is 4.79 Å². The summed E-state index contributed by atoms with van der Waals surface area (Å²) in [5, 5.41) is 2.93. The summed E-state index contributed by atoms with van der Waals surface area (Å²) < 4.78 is 10.6. The minimum Gasteiger partial charge on any atom is -0.497 e. The highest BCUT2D eigenvalue weighted by Crippen LogP contribution is 2.28. The zero-order valence-electron chi connectivity index (χ0n) is 19.5. The molecule has 0 unspecified atom stereocenters. The second-order valence-corrected chi connectivity index (χ2v) is 8.21. The van der Waals surface area contributed by atoms with E-state index in [1.54, 1.807) is 57.0 Å². The Morgan fingerprint density at radius 1 is 1.15 bits per heavy atom. The Bertz CT molecular complexity index is 938. The number of ether oxygens (including phenoxy) is 2. The predicted octanol–water partition coefficient (Wildman–Crippen LogP) is 3.95. The van der Waals surface area contributed by atoms with Gasteiger partial charge in [0.15, 0.2) is 0 Å². The van der Waals surface area contributed by atoms with Crippen LogP contribution >= 0.6 is 0 Å². The van der Waals surface area contributed by atoms with Crippen molar-refractivity contribution in [2.45, 2.75) is 32.1 Å². The van der Waals surface area contributed by atoms with Gasteiger partial charge in [-0.1, -0.05) is 18.9 Å². The monoisotopic (exact) mass is 451 g/mol. The van der Waals surface area contributed by atoms with Crippen molar-refractivity contribution in [1.29, 1.82) is 0 Å². The summed E-state index contributed by atoms with van der Waals surface area (Å²) in [4.78, 5) is 30.8. The van der Waals surface area contributed by atoms with Crippen LogP contribution < -0.4 is 14.8 Å². The molecule has 33 heavy (non-hydrogen) atoms. The van der Waals surface area contributed by atoms with Gasteiger partial charge in [-0.2, -0.15) is 0 Å². The van der Waals surface area contributed by atoms with Crippen molar-refractivity contribution in [3.63, 3.8) is 0 Å².